The van der Waals surface area contributed by atoms with Gasteiger partial charge in [0.05, 0.1) is 0 Å². The fraction of sp³-hybridized carbons (Fsp3) is 0.947. The molecule has 18 N–H and O–H groups in total. The van der Waals surface area contributed by atoms with Gasteiger partial charge in [-0.1, -0.05) is 142 Å². The molecule has 52 heavy (non-hydrogen) atoms. The van der Waals surface area contributed by atoms with Crippen LogP contribution in [0.15, 0.2) is 0 Å². The summed E-state index contributed by atoms with van der Waals surface area (Å²) in [5.74, 6) is -1.82. The number of carboxylic acid groups (broad SMARTS) is 2. The first-order valence-electron chi connectivity index (χ1n) is 19.7. The van der Waals surface area contributed by atoms with Crippen LogP contribution in [0.4, 0.5) is 0 Å². The van der Waals surface area contributed by atoms with Gasteiger partial charge in [0.1, 0.15) is 0 Å². The number of hydrogen-bond acceptors (Lipinski definition) is 12. The fourth-order valence-corrected chi connectivity index (χ4v) is 5.08. The molecule has 0 saturated heterocycles. The summed E-state index contributed by atoms with van der Waals surface area (Å²) in [5.41, 5.74) is 10.9. The number of carbonyl (C=O) groups is 2. The zero-order valence-corrected chi connectivity index (χ0v) is 38.8. The smallest absolute Gasteiger partial charge is 0.0414 e. The van der Waals surface area contributed by atoms with E-state index in [2.05, 4.69) is 24.5 Å². The molecule has 0 aliphatic carbocycles. The Morgan fingerprint density at radius 1 is 0.385 bits per heavy atom. The first-order valence-corrected chi connectivity index (χ1v) is 19.7. The van der Waals surface area contributed by atoms with Gasteiger partial charge in [-0.3, -0.25) is 0 Å². The third kappa shape index (κ3) is 87.7. The summed E-state index contributed by atoms with van der Waals surface area (Å²) in [6, 6.07) is 0. The normalized spacial score (nSPS) is 9.38. The summed E-state index contributed by atoms with van der Waals surface area (Å²) < 4.78 is 0. The van der Waals surface area contributed by atoms with Gasteiger partial charge in [0.15, 0.2) is 0 Å². The van der Waals surface area contributed by atoms with E-state index in [0.717, 1.165) is 65.0 Å². The van der Waals surface area contributed by atoms with Gasteiger partial charge >= 0.3 is 0 Å². The third-order valence-corrected chi connectivity index (χ3v) is 8.06. The van der Waals surface area contributed by atoms with E-state index < -0.39 is 11.9 Å². The van der Waals surface area contributed by atoms with Crippen LogP contribution in [0.25, 0.3) is 0 Å². The van der Waals surface area contributed by atoms with Gasteiger partial charge in [-0.15, -0.1) is 0 Å². The van der Waals surface area contributed by atoms with Crippen molar-refractivity contribution in [3.63, 3.8) is 0 Å². The molecule has 0 amide bonds. The summed E-state index contributed by atoms with van der Waals surface area (Å²) in [6.45, 7) is 10.6. The van der Waals surface area contributed by atoms with Crippen LogP contribution in [0, 0.1) is 0 Å². The molecule has 0 rings (SSSR count). The molecule has 330 valence electrons. The molecule has 0 aromatic carbocycles. The minimum atomic E-state index is -0.909. The van der Waals surface area contributed by atoms with Gasteiger partial charge in [0.2, 0.25) is 0 Å². The standard InChI is InChI=1S/C14H34N4.2C12H24O2.4H3N.2Pt/c15-9-5-1-3-7-11-17-13-14-18-12-8-4-2-6-10-16;2*1-2-3-4-5-6-7-8-9-10-11-12(13)14;;;;;;/h17-18H,1-16H2;2*2-11H2,1H3,(H,13,14);4*1H3;;/p-2. The Balaban J connectivity index is -0.0000000727. The zero-order valence-electron chi connectivity index (χ0n) is 34.3. The molecule has 0 unspecified atom stereocenters. The van der Waals surface area contributed by atoms with Crippen LogP contribution in [-0.2, 0) is 51.7 Å². The maximum absolute atomic E-state index is 10.1. The molecule has 0 saturated carbocycles. The average Bonchev–Trinajstić information content (AvgIpc) is 3.04. The Kier molecular flexibility index (Phi) is 102. The molecule has 0 fully saturated rings. The van der Waals surface area contributed by atoms with Crippen molar-refractivity contribution in [2.75, 3.05) is 39.3 Å². The molecule has 0 aliphatic heterocycles. The van der Waals surface area contributed by atoms with Gasteiger partial charge in [-0.25, -0.2) is 0 Å². The van der Waals surface area contributed by atoms with E-state index in [-0.39, 0.29) is 79.6 Å². The van der Waals surface area contributed by atoms with E-state index in [9.17, 15) is 19.8 Å². The van der Waals surface area contributed by atoms with Gasteiger partial charge in [-0.2, -0.15) is 0 Å². The molecule has 0 spiro atoms. The zero-order chi connectivity index (χ0) is 34.6. The number of nitrogens with one attached hydrogen (secondary N) is 2. The molecular weight excluding hydrogens is 1020 g/mol. The summed E-state index contributed by atoms with van der Waals surface area (Å²) in [7, 11) is 0. The Morgan fingerprint density at radius 3 is 0.865 bits per heavy atom. The maximum atomic E-state index is 10.1. The van der Waals surface area contributed by atoms with Crippen molar-refractivity contribution in [2.45, 2.75) is 194 Å². The molecule has 0 atom stereocenters. The topological polar surface area (TPSA) is 296 Å². The van der Waals surface area contributed by atoms with Crippen LogP contribution >= 0.6 is 0 Å². The number of carboxylic acids is 2. The fourth-order valence-electron chi connectivity index (χ4n) is 5.08. The molecule has 0 heterocycles. The molecular formula is C38H92N8O4Pt2-2. The number of nitrogens with two attached hydrogens (primary N) is 2. The predicted molar refractivity (Wildman–Crippen MR) is 215 cm³/mol. The van der Waals surface area contributed by atoms with Gasteiger partial charge in [0.25, 0.3) is 0 Å². The molecule has 0 radical (unpaired) electrons. The van der Waals surface area contributed by atoms with Gasteiger partial charge in [0, 0.05) is 67.2 Å². The number of aliphatic carboxylic acids is 2. The second-order valence-electron chi connectivity index (χ2n) is 12.8. The van der Waals surface area contributed by atoms with E-state index in [1.54, 1.807) is 0 Å². The van der Waals surface area contributed by atoms with E-state index in [4.69, 9.17) is 11.5 Å². The first-order chi connectivity index (χ1) is 22.5. The average molecular weight is 1120 g/mol. The third-order valence-electron chi connectivity index (χ3n) is 8.06. The molecule has 14 heteroatoms. The molecule has 12 nitrogen and oxygen atoms in total. The summed E-state index contributed by atoms with van der Waals surface area (Å²) in [6.07, 6.45) is 32.4. The quantitative estimate of drug-likeness (QED) is 0.0293. The predicted octanol–water partition coefficient (Wildman–Crippen LogP) is 7.16. The number of unbranched alkanes of at least 4 members (excludes halogenated alkanes) is 22. The number of hydrogen-bond donors (Lipinski definition) is 8. The molecule has 0 aromatic heterocycles. The summed E-state index contributed by atoms with van der Waals surface area (Å²) in [4.78, 5) is 20.2. The van der Waals surface area contributed by atoms with Crippen molar-refractivity contribution >= 4 is 11.9 Å². The maximum Gasteiger partial charge on any atom is 0.0414 e. The van der Waals surface area contributed by atoms with E-state index in [1.807, 2.05) is 0 Å². The second-order valence-corrected chi connectivity index (χ2v) is 12.8. The van der Waals surface area contributed by atoms with Crippen LogP contribution in [0.5, 0.6) is 0 Å². The van der Waals surface area contributed by atoms with Crippen LogP contribution in [0.1, 0.15) is 194 Å². The number of carbonyl (C=O) groups excluding carboxylic acids is 2. The van der Waals surface area contributed by atoms with Crippen LogP contribution < -0.4 is 56.9 Å². The van der Waals surface area contributed by atoms with Crippen LogP contribution in [0.2, 0.25) is 0 Å². The van der Waals surface area contributed by atoms with Crippen molar-refractivity contribution < 1.29 is 61.9 Å². The van der Waals surface area contributed by atoms with Crippen molar-refractivity contribution in [2.24, 2.45) is 11.5 Å². The first kappa shape index (κ1) is 73.1. The van der Waals surface area contributed by atoms with Crippen LogP contribution in [0.3, 0.4) is 0 Å². The van der Waals surface area contributed by atoms with E-state index in [1.165, 1.54) is 141 Å². The number of rotatable bonds is 35. The van der Waals surface area contributed by atoms with Crippen molar-refractivity contribution in [3.8, 4) is 0 Å². The van der Waals surface area contributed by atoms with Crippen molar-refractivity contribution in [3.05, 3.63) is 0 Å². The Bertz CT molecular complexity index is 543. The second kappa shape index (κ2) is 72.3. The minimum Gasteiger partial charge on any atom is -0.550 e. The van der Waals surface area contributed by atoms with E-state index in [0.29, 0.717) is 0 Å². The van der Waals surface area contributed by atoms with Gasteiger partial charge < -0.3 is 66.5 Å². The largest absolute Gasteiger partial charge is 0.550 e. The minimum absolute atomic E-state index is 0. The van der Waals surface area contributed by atoms with Crippen molar-refractivity contribution in [1.82, 2.24) is 35.2 Å². The molecule has 0 bridgehead atoms. The molecule has 0 aromatic rings. The Labute approximate surface area is 351 Å². The van der Waals surface area contributed by atoms with Crippen molar-refractivity contribution in [1.29, 1.82) is 0 Å². The SMILES string of the molecule is CCCCCCCCCCCC(=O)[O-].CCCCCCCCCCCC(=O)[O-].N.N.N.N.NCCCCCCNCCNCCCCCCN.[Pt].[Pt]. The summed E-state index contributed by atoms with van der Waals surface area (Å²) >= 11 is 0. The Morgan fingerprint density at radius 2 is 0.615 bits per heavy atom. The monoisotopic (exact) mass is 1110 g/mol. The van der Waals surface area contributed by atoms with E-state index >= 15 is 0 Å². The Hall–Kier alpha value is -0.00338. The molecule has 0 aliphatic rings. The van der Waals surface area contributed by atoms with Crippen LogP contribution in [-0.4, -0.2) is 51.2 Å². The van der Waals surface area contributed by atoms with Gasteiger partial charge in [-0.05, 0) is 77.5 Å². The summed E-state index contributed by atoms with van der Waals surface area (Å²) in [5, 5.41) is 27.1.